The Hall–Kier alpha value is -0.920. The number of esters is 1. The first-order valence-corrected chi connectivity index (χ1v) is 9.74. The van der Waals surface area contributed by atoms with E-state index in [0.29, 0.717) is 11.8 Å². The minimum atomic E-state index is -3.76. The number of sulfonamides is 1. The second-order valence-electron chi connectivity index (χ2n) is 5.33. The summed E-state index contributed by atoms with van der Waals surface area (Å²) in [5.74, 6) is -0.385. The Bertz CT molecular complexity index is 584. The average Bonchev–Trinajstić information content (AvgIpc) is 2.46. The van der Waals surface area contributed by atoms with E-state index in [1.54, 1.807) is 19.1 Å². The lowest BCUT2D eigenvalue weighted by Gasteiger charge is -2.19. The van der Waals surface area contributed by atoms with Gasteiger partial charge in [0.25, 0.3) is 0 Å². The first-order chi connectivity index (χ1) is 10.3. The summed E-state index contributed by atoms with van der Waals surface area (Å²) in [5, 5.41) is 0.652. The Morgan fingerprint density at radius 3 is 2.32 bits per heavy atom. The standard InChI is InChI=1S/C15H22BrNO4S/c1-4-21-15(18)14(9-11(2)3)17-22(19,20)13-7-5-12(10-16)6-8-13/h5-8,11,14,17H,4,9-10H2,1-3H3/t14-/m0/s1. The Morgan fingerprint density at radius 1 is 1.27 bits per heavy atom. The number of alkyl halides is 1. The molecule has 124 valence electrons. The van der Waals surface area contributed by atoms with Crippen LogP contribution in [-0.2, 0) is 24.9 Å². The van der Waals surface area contributed by atoms with Crippen LogP contribution in [0, 0.1) is 5.92 Å². The van der Waals surface area contributed by atoms with Gasteiger partial charge in [0.15, 0.2) is 0 Å². The minimum Gasteiger partial charge on any atom is -0.465 e. The van der Waals surface area contributed by atoms with E-state index >= 15 is 0 Å². The molecule has 0 fully saturated rings. The summed E-state index contributed by atoms with van der Waals surface area (Å²) in [6.45, 7) is 5.75. The molecule has 1 N–H and O–H groups in total. The molecular weight excluding hydrogens is 370 g/mol. The molecule has 1 aromatic carbocycles. The number of carbonyl (C=O) groups is 1. The maximum absolute atomic E-state index is 12.4. The van der Waals surface area contributed by atoms with Gasteiger partial charge in [-0.3, -0.25) is 4.79 Å². The topological polar surface area (TPSA) is 72.5 Å². The molecule has 0 saturated carbocycles. The highest BCUT2D eigenvalue weighted by atomic mass is 79.9. The van der Waals surface area contributed by atoms with Crippen LogP contribution in [0.1, 0.15) is 32.8 Å². The van der Waals surface area contributed by atoms with Crippen molar-refractivity contribution in [3.8, 4) is 0 Å². The maximum Gasteiger partial charge on any atom is 0.324 e. The normalized spacial score (nSPS) is 13.1. The lowest BCUT2D eigenvalue weighted by molar-refractivity contribution is -0.145. The van der Waals surface area contributed by atoms with Gasteiger partial charge in [-0.25, -0.2) is 8.42 Å². The summed E-state index contributed by atoms with van der Waals surface area (Å²) in [6.07, 6.45) is 0.386. The number of benzene rings is 1. The third-order valence-electron chi connectivity index (χ3n) is 2.96. The lowest BCUT2D eigenvalue weighted by atomic mass is 10.1. The zero-order valence-corrected chi connectivity index (χ0v) is 15.4. The fourth-order valence-electron chi connectivity index (χ4n) is 1.92. The van der Waals surface area contributed by atoms with Crippen LogP contribution in [0.15, 0.2) is 29.2 Å². The Morgan fingerprint density at radius 2 is 1.86 bits per heavy atom. The minimum absolute atomic E-state index is 0.134. The fourth-order valence-corrected chi connectivity index (χ4v) is 3.49. The number of rotatable bonds is 8. The summed E-state index contributed by atoms with van der Waals surface area (Å²) in [4.78, 5) is 12.1. The molecule has 0 spiro atoms. The summed E-state index contributed by atoms with van der Waals surface area (Å²) in [7, 11) is -3.76. The predicted octanol–water partition coefficient (Wildman–Crippen LogP) is 2.84. The van der Waals surface area contributed by atoms with Crippen molar-refractivity contribution >= 4 is 31.9 Å². The Kier molecular flexibility index (Phi) is 7.52. The van der Waals surface area contributed by atoms with Gasteiger partial charge >= 0.3 is 5.97 Å². The van der Waals surface area contributed by atoms with Crippen LogP contribution in [0.4, 0.5) is 0 Å². The van der Waals surface area contributed by atoms with Gasteiger partial charge in [0.2, 0.25) is 10.0 Å². The first-order valence-electron chi connectivity index (χ1n) is 7.14. The molecule has 5 nitrogen and oxygen atoms in total. The van der Waals surface area contributed by atoms with Crippen molar-refractivity contribution in [2.45, 2.75) is 43.5 Å². The van der Waals surface area contributed by atoms with E-state index in [9.17, 15) is 13.2 Å². The molecule has 7 heteroatoms. The van der Waals surface area contributed by atoms with E-state index in [2.05, 4.69) is 20.7 Å². The first kappa shape index (κ1) is 19.1. The van der Waals surface area contributed by atoms with Crippen molar-refractivity contribution in [3.63, 3.8) is 0 Å². The SMILES string of the molecule is CCOC(=O)[C@H](CC(C)C)NS(=O)(=O)c1ccc(CBr)cc1. The molecule has 0 aliphatic heterocycles. The summed E-state index contributed by atoms with van der Waals surface area (Å²) < 4.78 is 32.2. The molecule has 0 unspecified atom stereocenters. The Balaban J connectivity index is 2.95. The molecule has 22 heavy (non-hydrogen) atoms. The van der Waals surface area contributed by atoms with Crippen LogP contribution in [0.2, 0.25) is 0 Å². The molecule has 0 aliphatic carbocycles. The quantitative estimate of drug-likeness (QED) is 0.546. The molecule has 0 saturated heterocycles. The molecule has 0 radical (unpaired) electrons. The van der Waals surface area contributed by atoms with Gasteiger partial charge in [-0.2, -0.15) is 4.72 Å². The van der Waals surface area contributed by atoms with Gasteiger partial charge in [-0.05, 0) is 37.0 Å². The van der Waals surface area contributed by atoms with Crippen molar-refractivity contribution in [1.82, 2.24) is 4.72 Å². The van der Waals surface area contributed by atoms with E-state index in [1.807, 2.05) is 13.8 Å². The second-order valence-corrected chi connectivity index (χ2v) is 7.61. The zero-order valence-electron chi connectivity index (χ0n) is 13.0. The van der Waals surface area contributed by atoms with E-state index in [4.69, 9.17) is 4.74 Å². The molecule has 0 aliphatic rings. The van der Waals surface area contributed by atoms with Gasteiger partial charge in [-0.1, -0.05) is 41.9 Å². The number of nitrogens with one attached hydrogen (secondary N) is 1. The summed E-state index contributed by atoms with van der Waals surface area (Å²) in [6, 6.07) is 5.63. The zero-order chi connectivity index (χ0) is 16.8. The van der Waals surface area contributed by atoms with Gasteiger partial charge in [0.1, 0.15) is 6.04 Å². The third kappa shape index (κ3) is 5.70. The van der Waals surface area contributed by atoms with Gasteiger partial charge in [-0.15, -0.1) is 0 Å². The van der Waals surface area contributed by atoms with E-state index in [-0.39, 0.29) is 17.4 Å². The van der Waals surface area contributed by atoms with Crippen LogP contribution in [0.3, 0.4) is 0 Å². The molecule has 0 aromatic heterocycles. The monoisotopic (exact) mass is 391 g/mol. The van der Waals surface area contributed by atoms with Crippen molar-refractivity contribution in [2.75, 3.05) is 6.61 Å². The molecule has 0 heterocycles. The lowest BCUT2D eigenvalue weighted by Crippen LogP contribution is -2.42. The maximum atomic E-state index is 12.4. The molecule has 0 amide bonds. The van der Waals surface area contributed by atoms with E-state index in [1.165, 1.54) is 12.1 Å². The van der Waals surface area contributed by atoms with Gasteiger partial charge < -0.3 is 4.74 Å². The second kappa shape index (κ2) is 8.64. The van der Waals surface area contributed by atoms with Crippen molar-refractivity contribution in [2.24, 2.45) is 5.92 Å². The molecule has 1 atom stereocenters. The number of ether oxygens (including phenoxy) is 1. The summed E-state index contributed by atoms with van der Waals surface area (Å²) >= 11 is 3.31. The van der Waals surface area contributed by atoms with Gasteiger partial charge in [0.05, 0.1) is 11.5 Å². The predicted molar refractivity (Wildman–Crippen MR) is 89.3 cm³/mol. The average molecular weight is 392 g/mol. The highest BCUT2D eigenvalue weighted by molar-refractivity contribution is 9.08. The number of halogens is 1. The largest absolute Gasteiger partial charge is 0.465 e. The van der Waals surface area contributed by atoms with Crippen molar-refractivity contribution < 1.29 is 17.9 Å². The number of hydrogen-bond acceptors (Lipinski definition) is 4. The van der Waals surface area contributed by atoms with Crippen LogP contribution < -0.4 is 4.72 Å². The van der Waals surface area contributed by atoms with E-state index < -0.39 is 22.0 Å². The highest BCUT2D eigenvalue weighted by Crippen LogP contribution is 2.15. The number of hydrogen-bond donors (Lipinski definition) is 1. The molecule has 1 rings (SSSR count). The Labute approximate surface area is 140 Å². The number of carbonyl (C=O) groups excluding carboxylic acids is 1. The van der Waals surface area contributed by atoms with Gasteiger partial charge in [0, 0.05) is 5.33 Å². The molecule has 0 bridgehead atoms. The fraction of sp³-hybridized carbons (Fsp3) is 0.533. The molecular formula is C15H22BrNO4S. The van der Waals surface area contributed by atoms with Crippen LogP contribution >= 0.6 is 15.9 Å². The van der Waals surface area contributed by atoms with Crippen LogP contribution in [0.5, 0.6) is 0 Å². The van der Waals surface area contributed by atoms with Crippen molar-refractivity contribution in [1.29, 1.82) is 0 Å². The smallest absolute Gasteiger partial charge is 0.324 e. The van der Waals surface area contributed by atoms with Crippen LogP contribution in [-0.4, -0.2) is 27.0 Å². The van der Waals surface area contributed by atoms with E-state index in [0.717, 1.165) is 5.56 Å². The highest BCUT2D eigenvalue weighted by Gasteiger charge is 2.27. The molecule has 1 aromatic rings. The third-order valence-corrected chi connectivity index (χ3v) is 5.10. The van der Waals surface area contributed by atoms with Crippen LogP contribution in [0.25, 0.3) is 0 Å². The summed E-state index contributed by atoms with van der Waals surface area (Å²) in [5.41, 5.74) is 0.975. The van der Waals surface area contributed by atoms with Crippen molar-refractivity contribution in [3.05, 3.63) is 29.8 Å².